The normalized spacial score (nSPS) is 19.3. The van der Waals surface area contributed by atoms with Gasteiger partial charge in [0.2, 0.25) is 5.91 Å². The van der Waals surface area contributed by atoms with Crippen molar-refractivity contribution in [2.24, 2.45) is 5.73 Å². The first kappa shape index (κ1) is 15.4. The standard InChI is InChI=1S/C20H22N2O2/c21-19(23)16-7-5-15(6-8-16)13-22-11-9-20(10-12-22)18-4-2-1-3-17(18)14-24-20/h1-8H,9-14H2,(H2,21,23). The zero-order chi connectivity index (χ0) is 16.6. The van der Waals surface area contributed by atoms with Crippen LogP contribution in [-0.4, -0.2) is 23.9 Å². The van der Waals surface area contributed by atoms with Gasteiger partial charge in [-0.15, -0.1) is 0 Å². The van der Waals surface area contributed by atoms with Gasteiger partial charge in [0.05, 0.1) is 12.2 Å². The number of likely N-dealkylation sites (tertiary alicyclic amines) is 1. The van der Waals surface area contributed by atoms with Crippen molar-refractivity contribution in [2.45, 2.75) is 31.6 Å². The van der Waals surface area contributed by atoms with E-state index in [-0.39, 0.29) is 11.5 Å². The molecule has 124 valence electrons. The van der Waals surface area contributed by atoms with E-state index in [1.165, 1.54) is 16.7 Å². The number of ether oxygens (including phenoxy) is 1. The molecule has 1 fully saturated rings. The third-order valence-electron chi connectivity index (χ3n) is 5.32. The van der Waals surface area contributed by atoms with Gasteiger partial charge in [-0.1, -0.05) is 36.4 Å². The fourth-order valence-electron chi connectivity index (χ4n) is 3.90. The number of amides is 1. The topological polar surface area (TPSA) is 55.6 Å². The molecule has 0 unspecified atom stereocenters. The number of nitrogens with two attached hydrogens (primary N) is 1. The van der Waals surface area contributed by atoms with E-state index in [2.05, 4.69) is 29.2 Å². The van der Waals surface area contributed by atoms with Crippen LogP contribution in [0, 0.1) is 0 Å². The minimum atomic E-state index is -0.376. The van der Waals surface area contributed by atoms with Crippen LogP contribution in [0.15, 0.2) is 48.5 Å². The molecule has 2 N–H and O–H groups in total. The Morgan fingerprint density at radius 2 is 1.79 bits per heavy atom. The van der Waals surface area contributed by atoms with Crippen molar-refractivity contribution < 1.29 is 9.53 Å². The van der Waals surface area contributed by atoms with Crippen LogP contribution in [0.4, 0.5) is 0 Å². The fourth-order valence-corrected chi connectivity index (χ4v) is 3.90. The highest BCUT2D eigenvalue weighted by Gasteiger charge is 2.42. The number of rotatable bonds is 3. The van der Waals surface area contributed by atoms with Gasteiger partial charge in [0, 0.05) is 25.2 Å². The highest BCUT2D eigenvalue weighted by Crippen LogP contribution is 2.44. The molecule has 4 nitrogen and oxygen atoms in total. The molecule has 2 aromatic rings. The molecule has 0 aromatic heterocycles. The second-order valence-corrected chi connectivity index (χ2v) is 6.78. The average molecular weight is 322 g/mol. The zero-order valence-electron chi connectivity index (χ0n) is 13.7. The summed E-state index contributed by atoms with van der Waals surface area (Å²) < 4.78 is 6.21. The Labute approximate surface area is 142 Å². The van der Waals surface area contributed by atoms with Gasteiger partial charge >= 0.3 is 0 Å². The van der Waals surface area contributed by atoms with Crippen molar-refractivity contribution in [3.8, 4) is 0 Å². The molecule has 24 heavy (non-hydrogen) atoms. The van der Waals surface area contributed by atoms with Crippen LogP contribution in [0.25, 0.3) is 0 Å². The number of nitrogens with zero attached hydrogens (tertiary/aromatic N) is 1. The van der Waals surface area contributed by atoms with Gasteiger partial charge in [0.15, 0.2) is 0 Å². The lowest BCUT2D eigenvalue weighted by Gasteiger charge is -2.39. The SMILES string of the molecule is NC(=O)c1ccc(CN2CCC3(CC2)OCc2ccccc23)cc1. The van der Waals surface area contributed by atoms with Gasteiger partial charge in [-0.2, -0.15) is 0 Å². The molecular weight excluding hydrogens is 300 g/mol. The van der Waals surface area contributed by atoms with Crippen LogP contribution in [0.2, 0.25) is 0 Å². The van der Waals surface area contributed by atoms with Crippen LogP contribution >= 0.6 is 0 Å². The Hall–Kier alpha value is -2.17. The van der Waals surface area contributed by atoms with Gasteiger partial charge in [-0.05, 0) is 41.7 Å². The molecule has 0 bridgehead atoms. The van der Waals surface area contributed by atoms with E-state index in [0.717, 1.165) is 39.1 Å². The summed E-state index contributed by atoms with van der Waals surface area (Å²) in [4.78, 5) is 13.6. The molecule has 2 heterocycles. The first-order valence-corrected chi connectivity index (χ1v) is 8.50. The van der Waals surface area contributed by atoms with E-state index >= 15 is 0 Å². The number of carbonyl (C=O) groups excluding carboxylic acids is 1. The quantitative estimate of drug-likeness (QED) is 0.945. The average Bonchev–Trinajstić information content (AvgIpc) is 2.97. The van der Waals surface area contributed by atoms with E-state index in [1.807, 2.05) is 12.1 Å². The molecule has 4 heteroatoms. The summed E-state index contributed by atoms with van der Waals surface area (Å²) in [6.07, 6.45) is 2.06. The first-order valence-electron chi connectivity index (χ1n) is 8.50. The van der Waals surface area contributed by atoms with Crippen LogP contribution in [0.5, 0.6) is 0 Å². The maximum Gasteiger partial charge on any atom is 0.248 e. The third kappa shape index (κ3) is 2.72. The summed E-state index contributed by atoms with van der Waals surface area (Å²) in [7, 11) is 0. The number of benzene rings is 2. The van der Waals surface area contributed by atoms with E-state index in [4.69, 9.17) is 10.5 Å². The zero-order valence-corrected chi connectivity index (χ0v) is 13.7. The molecule has 1 spiro atoms. The number of hydrogen-bond donors (Lipinski definition) is 1. The molecule has 1 amide bonds. The Morgan fingerprint density at radius 3 is 2.50 bits per heavy atom. The lowest BCUT2D eigenvalue weighted by molar-refractivity contribution is -0.0799. The van der Waals surface area contributed by atoms with Crippen LogP contribution in [0.1, 0.15) is 39.9 Å². The van der Waals surface area contributed by atoms with Crippen LogP contribution < -0.4 is 5.73 Å². The Bertz CT molecular complexity index is 746. The predicted molar refractivity (Wildman–Crippen MR) is 92.4 cm³/mol. The molecule has 0 atom stereocenters. The van der Waals surface area contributed by atoms with Crippen molar-refractivity contribution in [2.75, 3.05) is 13.1 Å². The second-order valence-electron chi connectivity index (χ2n) is 6.78. The van der Waals surface area contributed by atoms with Crippen molar-refractivity contribution in [1.82, 2.24) is 4.90 Å². The summed E-state index contributed by atoms with van der Waals surface area (Å²) in [6, 6.07) is 16.2. The second kappa shape index (κ2) is 6.04. The number of fused-ring (bicyclic) bond motifs is 2. The molecule has 2 aliphatic rings. The van der Waals surface area contributed by atoms with Crippen LogP contribution in [-0.2, 0) is 23.5 Å². The maximum absolute atomic E-state index is 11.1. The molecular formula is C20H22N2O2. The van der Waals surface area contributed by atoms with Crippen LogP contribution in [0.3, 0.4) is 0 Å². The number of hydrogen-bond acceptors (Lipinski definition) is 3. The largest absolute Gasteiger partial charge is 0.366 e. The van der Waals surface area contributed by atoms with Crippen molar-refractivity contribution in [3.63, 3.8) is 0 Å². The smallest absolute Gasteiger partial charge is 0.248 e. The number of carbonyl (C=O) groups is 1. The first-order chi connectivity index (χ1) is 11.7. The van der Waals surface area contributed by atoms with E-state index < -0.39 is 0 Å². The highest BCUT2D eigenvalue weighted by atomic mass is 16.5. The van der Waals surface area contributed by atoms with Crippen molar-refractivity contribution in [3.05, 3.63) is 70.8 Å². The molecule has 4 rings (SSSR count). The monoisotopic (exact) mass is 322 g/mol. The third-order valence-corrected chi connectivity index (χ3v) is 5.32. The van der Waals surface area contributed by atoms with Crippen molar-refractivity contribution in [1.29, 1.82) is 0 Å². The fraction of sp³-hybridized carbons (Fsp3) is 0.350. The Morgan fingerprint density at radius 1 is 1.08 bits per heavy atom. The van der Waals surface area contributed by atoms with Gasteiger partial charge in [-0.25, -0.2) is 0 Å². The Balaban J connectivity index is 1.41. The number of piperidine rings is 1. The van der Waals surface area contributed by atoms with Gasteiger partial charge in [0.1, 0.15) is 0 Å². The van der Waals surface area contributed by atoms with Gasteiger partial charge < -0.3 is 10.5 Å². The van der Waals surface area contributed by atoms with E-state index in [1.54, 1.807) is 12.1 Å². The summed E-state index contributed by atoms with van der Waals surface area (Å²) >= 11 is 0. The molecule has 0 saturated carbocycles. The van der Waals surface area contributed by atoms with Gasteiger partial charge in [-0.3, -0.25) is 9.69 Å². The summed E-state index contributed by atoms with van der Waals surface area (Å²) in [5.74, 6) is -0.376. The van der Waals surface area contributed by atoms with Gasteiger partial charge in [0.25, 0.3) is 0 Å². The maximum atomic E-state index is 11.1. The Kier molecular flexibility index (Phi) is 3.87. The van der Waals surface area contributed by atoms with E-state index in [9.17, 15) is 4.79 Å². The predicted octanol–water partition coefficient (Wildman–Crippen LogP) is 2.81. The lowest BCUT2D eigenvalue weighted by Crippen LogP contribution is -2.42. The molecule has 0 aliphatic carbocycles. The summed E-state index contributed by atoms with van der Waals surface area (Å²) in [6.45, 7) is 3.68. The van der Waals surface area contributed by atoms with E-state index in [0.29, 0.717) is 5.56 Å². The number of primary amides is 1. The lowest BCUT2D eigenvalue weighted by atomic mass is 9.84. The minimum absolute atomic E-state index is 0.0804. The molecule has 0 radical (unpaired) electrons. The highest BCUT2D eigenvalue weighted by molar-refractivity contribution is 5.92. The summed E-state index contributed by atoms with van der Waals surface area (Å²) in [5.41, 5.74) is 9.71. The van der Waals surface area contributed by atoms with Crippen molar-refractivity contribution >= 4 is 5.91 Å². The molecule has 2 aliphatic heterocycles. The molecule has 1 saturated heterocycles. The molecule has 2 aromatic carbocycles. The minimum Gasteiger partial charge on any atom is -0.366 e. The summed E-state index contributed by atoms with van der Waals surface area (Å²) in [5, 5.41) is 0.